The minimum atomic E-state index is -0.502. The summed E-state index contributed by atoms with van der Waals surface area (Å²) in [4.78, 5) is 12.0. The normalized spacial score (nSPS) is 10.3. The summed E-state index contributed by atoms with van der Waals surface area (Å²) in [5.41, 5.74) is 7.34. The average molecular weight is 279 g/mol. The van der Waals surface area contributed by atoms with Gasteiger partial charge in [-0.05, 0) is 48.9 Å². The van der Waals surface area contributed by atoms with Crippen LogP contribution in [0.25, 0.3) is 0 Å². The van der Waals surface area contributed by atoms with Gasteiger partial charge in [0, 0.05) is 22.0 Å². The number of anilines is 2. The maximum absolute atomic E-state index is 13.2. The number of hydrogen-bond acceptors (Lipinski definition) is 2. The zero-order valence-electron chi connectivity index (χ0n) is 10.2. The number of aryl methyl sites for hydroxylation is 1. The summed E-state index contributed by atoms with van der Waals surface area (Å²) in [5, 5.41) is 3.05. The van der Waals surface area contributed by atoms with Gasteiger partial charge in [0.15, 0.2) is 0 Å². The van der Waals surface area contributed by atoms with E-state index >= 15 is 0 Å². The molecule has 0 aliphatic heterocycles. The van der Waals surface area contributed by atoms with E-state index in [4.69, 9.17) is 17.3 Å². The molecule has 0 atom stereocenters. The van der Waals surface area contributed by atoms with E-state index < -0.39 is 5.82 Å². The Morgan fingerprint density at radius 1 is 1.21 bits per heavy atom. The third-order valence-electron chi connectivity index (χ3n) is 2.48. The molecule has 98 valence electrons. The number of carbonyl (C=O) groups excluding carboxylic acids is 1. The molecule has 0 aliphatic rings. The van der Waals surface area contributed by atoms with E-state index in [1.165, 1.54) is 18.2 Å². The number of benzene rings is 2. The molecule has 0 saturated carbocycles. The maximum Gasteiger partial charge on any atom is 0.255 e. The highest BCUT2D eigenvalue weighted by Crippen LogP contribution is 2.18. The number of halogens is 2. The van der Waals surface area contributed by atoms with Gasteiger partial charge in [-0.3, -0.25) is 4.79 Å². The van der Waals surface area contributed by atoms with Crippen LogP contribution < -0.4 is 11.1 Å². The van der Waals surface area contributed by atoms with Gasteiger partial charge >= 0.3 is 0 Å². The van der Waals surface area contributed by atoms with Crippen molar-refractivity contribution in [3.8, 4) is 0 Å². The second-order valence-corrected chi connectivity index (χ2v) is 4.68. The van der Waals surface area contributed by atoms with Crippen LogP contribution in [0, 0.1) is 12.7 Å². The smallest absolute Gasteiger partial charge is 0.255 e. The predicted octanol–water partition coefficient (Wildman–Crippen LogP) is 3.62. The molecule has 3 N–H and O–H groups in total. The molecule has 5 heteroatoms. The first-order valence-electron chi connectivity index (χ1n) is 5.58. The van der Waals surface area contributed by atoms with E-state index in [1.54, 1.807) is 18.2 Å². The largest absolute Gasteiger partial charge is 0.399 e. The fourth-order valence-corrected chi connectivity index (χ4v) is 2.04. The lowest BCUT2D eigenvalue weighted by Crippen LogP contribution is -2.12. The summed E-state index contributed by atoms with van der Waals surface area (Å²) < 4.78 is 13.2. The molecule has 0 fully saturated rings. The molecule has 2 aromatic rings. The third-order valence-corrected chi connectivity index (χ3v) is 2.70. The van der Waals surface area contributed by atoms with Crippen LogP contribution in [0.2, 0.25) is 5.02 Å². The molecule has 2 aromatic carbocycles. The number of nitrogens with one attached hydrogen (secondary N) is 1. The number of amides is 1. The Morgan fingerprint density at radius 3 is 2.58 bits per heavy atom. The molecule has 0 aliphatic carbocycles. The van der Waals surface area contributed by atoms with E-state index in [9.17, 15) is 9.18 Å². The molecule has 0 aromatic heterocycles. The van der Waals surface area contributed by atoms with Crippen molar-refractivity contribution in [3.63, 3.8) is 0 Å². The van der Waals surface area contributed by atoms with Crippen molar-refractivity contribution in [1.29, 1.82) is 0 Å². The lowest BCUT2D eigenvalue weighted by molar-refractivity contribution is 0.102. The first-order chi connectivity index (χ1) is 8.94. The number of nitrogens with two attached hydrogens (primary N) is 1. The monoisotopic (exact) mass is 278 g/mol. The Labute approximate surface area is 115 Å². The summed E-state index contributed by atoms with van der Waals surface area (Å²) in [6, 6.07) is 8.86. The van der Waals surface area contributed by atoms with Gasteiger partial charge in [-0.1, -0.05) is 11.6 Å². The fourth-order valence-electron chi connectivity index (χ4n) is 1.76. The molecule has 1 amide bonds. The van der Waals surface area contributed by atoms with Crippen molar-refractivity contribution in [1.82, 2.24) is 0 Å². The van der Waals surface area contributed by atoms with Crippen LogP contribution in [-0.4, -0.2) is 5.91 Å². The molecule has 0 bridgehead atoms. The Kier molecular flexibility index (Phi) is 3.71. The average Bonchev–Trinajstić information content (AvgIpc) is 2.25. The molecule has 2 rings (SSSR count). The van der Waals surface area contributed by atoms with Crippen molar-refractivity contribution < 1.29 is 9.18 Å². The first kappa shape index (κ1) is 13.4. The summed E-state index contributed by atoms with van der Waals surface area (Å²) in [6.45, 7) is 1.84. The zero-order chi connectivity index (χ0) is 14.0. The topological polar surface area (TPSA) is 55.1 Å². The van der Waals surface area contributed by atoms with Gasteiger partial charge in [-0.25, -0.2) is 4.39 Å². The Hall–Kier alpha value is -2.07. The first-order valence-corrected chi connectivity index (χ1v) is 5.96. The lowest BCUT2D eigenvalue weighted by atomic mass is 10.1. The van der Waals surface area contributed by atoms with E-state index in [0.717, 1.165) is 5.56 Å². The van der Waals surface area contributed by atoms with Crippen LogP contribution >= 0.6 is 11.6 Å². The van der Waals surface area contributed by atoms with Gasteiger partial charge in [0.05, 0.1) is 0 Å². The van der Waals surface area contributed by atoms with Gasteiger partial charge in [-0.2, -0.15) is 0 Å². The Balaban J connectivity index is 2.25. The SMILES string of the molecule is Cc1cc(Cl)cc(C(=O)Nc2cc(N)cc(F)c2)c1. The van der Waals surface area contributed by atoms with Crippen LogP contribution in [-0.2, 0) is 0 Å². The minimum absolute atomic E-state index is 0.248. The van der Waals surface area contributed by atoms with E-state index in [-0.39, 0.29) is 11.6 Å². The van der Waals surface area contributed by atoms with Crippen LogP contribution in [0.5, 0.6) is 0 Å². The highest BCUT2D eigenvalue weighted by molar-refractivity contribution is 6.31. The summed E-state index contributed by atoms with van der Waals surface area (Å²) >= 11 is 5.89. The van der Waals surface area contributed by atoms with Gasteiger partial charge < -0.3 is 11.1 Å². The molecular weight excluding hydrogens is 267 g/mol. The van der Waals surface area contributed by atoms with Gasteiger partial charge in [0.1, 0.15) is 5.82 Å². The standard InChI is InChI=1S/C14H12ClFN2O/c1-8-2-9(4-10(15)3-8)14(19)18-13-6-11(16)5-12(17)7-13/h2-7H,17H2,1H3,(H,18,19). The lowest BCUT2D eigenvalue weighted by Gasteiger charge is -2.07. The van der Waals surface area contributed by atoms with E-state index in [1.807, 2.05) is 6.92 Å². The summed E-state index contributed by atoms with van der Waals surface area (Å²) in [5.74, 6) is -0.867. The number of rotatable bonds is 2. The van der Waals surface area contributed by atoms with Crippen molar-refractivity contribution in [2.24, 2.45) is 0 Å². The summed E-state index contributed by atoms with van der Waals surface area (Å²) in [7, 11) is 0. The van der Waals surface area contributed by atoms with Crippen molar-refractivity contribution in [2.75, 3.05) is 11.1 Å². The number of hydrogen-bond donors (Lipinski definition) is 2. The molecule has 0 saturated heterocycles. The van der Waals surface area contributed by atoms with Crippen molar-refractivity contribution in [2.45, 2.75) is 6.92 Å². The quantitative estimate of drug-likeness (QED) is 0.824. The second-order valence-electron chi connectivity index (χ2n) is 4.24. The fraction of sp³-hybridized carbons (Fsp3) is 0.0714. The molecule has 0 unspecified atom stereocenters. The molecule has 3 nitrogen and oxygen atoms in total. The minimum Gasteiger partial charge on any atom is -0.399 e. The van der Waals surface area contributed by atoms with Crippen LogP contribution in [0.1, 0.15) is 15.9 Å². The highest BCUT2D eigenvalue weighted by atomic mass is 35.5. The van der Waals surface area contributed by atoms with Crippen LogP contribution in [0.15, 0.2) is 36.4 Å². The molecule has 0 heterocycles. The van der Waals surface area contributed by atoms with Crippen LogP contribution in [0.3, 0.4) is 0 Å². The van der Waals surface area contributed by atoms with E-state index in [0.29, 0.717) is 16.3 Å². The number of nitrogen functional groups attached to an aromatic ring is 1. The predicted molar refractivity (Wildman–Crippen MR) is 75.0 cm³/mol. The molecule has 19 heavy (non-hydrogen) atoms. The highest BCUT2D eigenvalue weighted by Gasteiger charge is 2.08. The summed E-state index contributed by atoms with van der Waals surface area (Å²) in [6.07, 6.45) is 0. The second kappa shape index (κ2) is 5.28. The molecule has 0 radical (unpaired) electrons. The Morgan fingerprint density at radius 2 is 1.95 bits per heavy atom. The van der Waals surface area contributed by atoms with Gasteiger partial charge in [0.2, 0.25) is 0 Å². The molecular formula is C14H12ClFN2O. The maximum atomic E-state index is 13.2. The molecule has 0 spiro atoms. The van der Waals surface area contributed by atoms with E-state index in [2.05, 4.69) is 5.32 Å². The number of carbonyl (C=O) groups is 1. The van der Waals surface area contributed by atoms with Crippen molar-refractivity contribution >= 4 is 28.9 Å². The van der Waals surface area contributed by atoms with Crippen LogP contribution in [0.4, 0.5) is 15.8 Å². The zero-order valence-corrected chi connectivity index (χ0v) is 11.0. The Bertz CT molecular complexity index is 603. The van der Waals surface area contributed by atoms with Crippen molar-refractivity contribution in [3.05, 3.63) is 58.4 Å². The van der Waals surface area contributed by atoms with Gasteiger partial charge in [0.25, 0.3) is 5.91 Å². The van der Waals surface area contributed by atoms with Gasteiger partial charge in [-0.15, -0.1) is 0 Å². The third kappa shape index (κ3) is 3.45.